The van der Waals surface area contributed by atoms with E-state index in [9.17, 15) is 0 Å². The van der Waals surface area contributed by atoms with E-state index in [2.05, 4.69) is 42.7 Å². The van der Waals surface area contributed by atoms with Gasteiger partial charge in [0.1, 0.15) is 23.7 Å². The minimum Gasteiger partial charge on any atom is -0.472 e. The summed E-state index contributed by atoms with van der Waals surface area (Å²) in [6.07, 6.45) is 7.68. The Morgan fingerprint density at radius 1 is 1.14 bits per heavy atom. The molecule has 2 N–H and O–H groups in total. The molecule has 9 nitrogen and oxygen atoms in total. The molecule has 0 aromatic carbocycles. The van der Waals surface area contributed by atoms with Gasteiger partial charge in [-0.2, -0.15) is 5.26 Å². The van der Waals surface area contributed by atoms with Gasteiger partial charge in [0, 0.05) is 12.6 Å². The first-order valence-electron chi connectivity index (χ1n) is 9.65. The molecular weight excluding hydrogens is 356 g/mol. The van der Waals surface area contributed by atoms with Gasteiger partial charge in [-0.05, 0) is 51.7 Å². The number of anilines is 3. The SMILES string of the molecule is CN1CCC(CNc2cc(Nc3cnc(C#N)cn3)nnc2OC2CC2)CC1. The molecule has 1 aliphatic carbocycles. The van der Waals surface area contributed by atoms with Crippen molar-refractivity contribution in [3.05, 3.63) is 24.2 Å². The lowest BCUT2D eigenvalue weighted by molar-refractivity contribution is 0.226. The van der Waals surface area contributed by atoms with Crippen molar-refractivity contribution < 1.29 is 4.74 Å². The van der Waals surface area contributed by atoms with E-state index in [0.29, 0.717) is 23.4 Å². The van der Waals surface area contributed by atoms with Crippen LogP contribution < -0.4 is 15.4 Å². The molecular formula is C19H24N8O. The first kappa shape index (κ1) is 18.4. The Hall–Kier alpha value is -2.99. The third-order valence-electron chi connectivity index (χ3n) is 5.00. The average Bonchev–Trinajstić information content (AvgIpc) is 3.54. The molecule has 146 valence electrons. The van der Waals surface area contributed by atoms with Crippen LogP contribution in [-0.2, 0) is 0 Å². The van der Waals surface area contributed by atoms with Crippen LogP contribution in [0.3, 0.4) is 0 Å². The molecule has 28 heavy (non-hydrogen) atoms. The van der Waals surface area contributed by atoms with Crippen molar-refractivity contribution in [2.75, 3.05) is 37.3 Å². The van der Waals surface area contributed by atoms with Gasteiger partial charge in [0.25, 0.3) is 5.88 Å². The van der Waals surface area contributed by atoms with Crippen LogP contribution >= 0.6 is 0 Å². The lowest BCUT2D eigenvalue weighted by Crippen LogP contribution is -2.33. The smallest absolute Gasteiger partial charge is 0.257 e. The van der Waals surface area contributed by atoms with Crippen LogP contribution in [0.4, 0.5) is 17.3 Å². The Morgan fingerprint density at radius 3 is 2.64 bits per heavy atom. The zero-order valence-electron chi connectivity index (χ0n) is 15.9. The number of aromatic nitrogens is 4. The highest BCUT2D eigenvalue weighted by Crippen LogP contribution is 2.32. The summed E-state index contributed by atoms with van der Waals surface area (Å²) in [5.41, 5.74) is 1.11. The van der Waals surface area contributed by atoms with E-state index in [1.807, 2.05) is 12.1 Å². The second-order valence-electron chi connectivity index (χ2n) is 7.42. The highest BCUT2D eigenvalue weighted by atomic mass is 16.5. The summed E-state index contributed by atoms with van der Waals surface area (Å²) >= 11 is 0. The minimum atomic E-state index is 0.251. The van der Waals surface area contributed by atoms with Gasteiger partial charge in [0.15, 0.2) is 11.5 Å². The van der Waals surface area contributed by atoms with Gasteiger partial charge in [0.05, 0.1) is 12.4 Å². The van der Waals surface area contributed by atoms with Crippen molar-refractivity contribution in [2.24, 2.45) is 5.92 Å². The van der Waals surface area contributed by atoms with E-state index in [1.54, 1.807) is 0 Å². The summed E-state index contributed by atoms with van der Waals surface area (Å²) in [6, 6.07) is 3.84. The Kier molecular flexibility index (Phi) is 5.48. The lowest BCUT2D eigenvalue weighted by atomic mass is 9.97. The molecule has 0 amide bonds. The largest absolute Gasteiger partial charge is 0.472 e. The fraction of sp³-hybridized carbons (Fsp3) is 0.526. The van der Waals surface area contributed by atoms with Crippen molar-refractivity contribution in [1.29, 1.82) is 5.26 Å². The molecule has 0 atom stereocenters. The van der Waals surface area contributed by atoms with Crippen LogP contribution in [0.1, 0.15) is 31.4 Å². The van der Waals surface area contributed by atoms with Crippen LogP contribution in [0.5, 0.6) is 5.88 Å². The summed E-state index contributed by atoms with van der Waals surface area (Å²) in [5.74, 6) is 2.24. The van der Waals surface area contributed by atoms with E-state index < -0.39 is 0 Å². The average molecular weight is 380 g/mol. The van der Waals surface area contributed by atoms with Crippen molar-refractivity contribution in [3.8, 4) is 11.9 Å². The number of rotatable bonds is 7. The van der Waals surface area contributed by atoms with E-state index in [1.165, 1.54) is 25.2 Å². The van der Waals surface area contributed by atoms with Gasteiger partial charge in [-0.15, -0.1) is 10.2 Å². The zero-order chi connectivity index (χ0) is 19.3. The Morgan fingerprint density at radius 2 is 1.96 bits per heavy atom. The van der Waals surface area contributed by atoms with Gasteiger partial charge in [-0.1, -0.05) is 0 Å². The van der Waals surface area contributed by atoms with Gasteiger partial charge in [-0.3, -0.25) is 0 Å². The normalized spacial score (nSPS) is 17.7. The maximum Gasteiger partial charge on any atom is 0.257 e. The number of nitriles is 1. The number of piperidine rings is 1. The number of ether oxygens (including phenoxy) is 1. The number of likely N-dealkylation sites (tertiary alicyclic amines) is 1. The van der Waals surface area contributed by atoms with Crippen LogP contribution in [-0.4, -0.2) is 57.9 Å². The molecule has 2 aromatic heterocycles. The molecule has 0 spiro atoms. The molecule has 4 rings (SSSR count). The maximum absolute atomic E-state index is 8.82. The van der Waals surface area contributed by atoms with E-state index >= 15 is 0 Å². The summed E-state index contributed by atoms with van der Waals surface area (Å²) in [6.45, 7) is 3.16. The Bertz CT molecular complexity index is 838. The predicted molar refractivity (Wildman–Crippen MR) is 104 cm³/mol. The summed E-state index contributed by atoms with van der Waals surface area (Å²) in [5, 5.41) is 23.9. The van der Waals surface area contributed by atoms with Crippen LogP contribution in [0.2, 0.25) is 0 Å². The van der Waals surface area contributed by atoms with Gasteiger partial charge in [0.2, 0.25) is 0 Å². The molecule has 3 heterocycles. The molecule has 2 fully saturated rings. The fourth-order valence-corrected chi connectivity index (χ4v) is 3.10. The molecule has 0 bridgehead atoms. The molecule has 1 saturated carbocycles. The topological polar surface area (TPSA) is 112 Å². The van der Waals surface area contributed by atoms with E-state index in [-0.39, 0.29) is 11.8 Å². The number of hydrogen-bond donors (Lipinski definition) is 2. The molecule has 9 heteroatoms. The van der Waals surface area contributed by atoms with Crippen molar-refractivity contribution in [1.82, 2.24) is 25.1 Å². The minimum absolute atomic E-state index is 0.251. The van der Waals surface area contributed by atoms with Crippen molar-refractivity contribution in [3.63, 3.8) is 0 Å². The second-order valence-corrected chi connectivity index (χ2v) is 7.42. The van der Waals surface area contributed by atoms with Crippen LogP contribution in [0, 0.1) is 17.2 Å². The summed E-state index contributed by atoms with van der Waals surface area (Å²) in [4.78, 5) is 10.5. The first-order chi connectivity index (χ1) is 13.7. The third-order valence-corrected chi connectivity index (χ3v) is 5.00. The predicted octanol–water partition coefficient (Wildman–Crippen LogP) is 2.18. The Labute approximate surface area is 164 Å². The van der Waals surface area contributed by atoms with Gasteiger partial charge >= 0.3 is 0 Å². The van der Waals surface area contributed by atoms with Crippen LogP contribution in [0.15, 0.2) is 18.5 Å². The number of nitrogens with zero attached hydrogens (tertiary/aromatic N) is 6. The number of nitrogens with one attached hydrogen (secondary N) is 2. The van der Waals surface area contributed by atoms with E-state index in [4.69, 9.17) is 10.00 Å². The molecule has 1 aliphatic heterocycles. The maximum atomic E-state index is 8.82. The quantitative estimate of drug-likeness (QED) is 0.746. The van der Waals surface area contributed by atoms with E-state index in [0.717, 1.165) is 38.2 Å². The molecule has 2 aliphatic rings. The monoisotopic (exact) mass is 380 g/mol. The standard InChI is InChI=1S/C19H24N8O/c1-27-6-4-13(5-7-27)10-22-16-8-17(25-26-19(16)28-15-2-3-15)24-18-12-21-14(9-20)11-23-18/h8,11-13,15H,2-7,10H2,1H3,(H2,22,23,24,25). The highest BCUT2D eigenvalue weighted by Gasteiger charge is 2.26. The lowest BCUT2D eigenvalue weighted by Gasteiger charge is -2.29. The summed E-state index contributed by atoms with van der Waals surface area (Å²) < 4.78 is 5.91. The van der Waals surface area contributed by atoms with Crippen molar-refractivity contribution >= 4 is 17.3 Å². The summed E-state index contributed by atoms with van der Waals surface area (Å²) in [7, 11) is 2.17. The third kappa shape index (κ3) is 4.84. The zero-order valence-corrected chi connectivity index (χ0v) is 15.9. The molecule has 2 aromatic rings. The van der Waals surface area contributed by atoms with Gasteiger partial charge < -0.3 is 20.3 Å². The molecule has 1 saturated heterocycles. The fourth-order valence-electron chi connectivity index (χ4n) is 3.10. The first-order valence-corrected chi connectivity index (χ1v) is 9.65. The Balaban J connectivity index is 1.45. The number of hydrogen-bond acceptors (Lipinski definition) is 9. The van der Waals surface area contributed by atoms with Gasteiger partial charge in [-0.25, -0.2) is 9.97 Å². The second kappa shape index (κ2) is 8.35. The highest BCUT2D eigenvalue weighted by molar-refractivity contribution is 5.61. The molecule has 0 radical (unpaired) electrons. The van der Waals surface area contributed by atoms with Crippen LogP contribution in [0.25, 0.3) is 0 Å². The van der Waals surface area contributed by atoms with Crippen molar-refractivity contribution in [2.45, 2.75) is 31.8 Å². The molecule has 0 unspecified atom stereocenters.